The summed E-state index contributed by atoms with van der Waals surface area (Å²) in [5, 5.41) is 6.18. The van der Waals surface area contributed by atoms with Crippen LogP contribution in [0.1, 0.15) is 23.2 Å². The van der Waals surface area contributed by atoms with Crippen molar-refractivity contribution in [2.45, 2.75) is 18.9 Å². The van der Waals surface area contributed by atoms with Gasteiger partial charge in [0.1, 0.15) is 5.75 Å². The summed E-state index contributed by atoms with van der Waals surface area (Å²) in [6.45, 7) is 0. The second kappa shape index (κ2) is 5.97. The normalized spacial score (nSPS) is 13.5. The van der Waals surface area contributed by atoms with Crippen LogP contribution in [0.2, 0.25) is 0 Å². The zero-order valence-corrected chi connectivity index (χ0v) is 12.4. The molecule has 114 valence electrons. The number of hydrogen-bond donors (Lipinski definition) is 3. The highest BCUT2D eigenvalue weighted by atomic mass is 16.5. The second-order valence-electron chi connectivity index (χ2n) is 5.38. The van der Waals surface area contributed by atoms with Crippen molar-refractivity contribution < 1.29 is 9.53 Å². The van der Waals surface area contributed by atoms with Gasteiger partial charge in [-0.2, -0.15) is 0 Å². The number of anilines is 3. The largest absolute Gasteiger partial charge is 0.495 e. The number of carbonyl (C=O) groups excluding carboxylic acids is 1. The van der Waals surface area contributed by atoms with Crippen LogP contribution in [0.15, 0.2) is 42.5 Å². The van der Waals surface area contributed by atoms with Crippen LogP contribution in [0.3, 0.4) is 0 Å². The molecule has 0 spiro atoms. The SMILES string of the molecule is COc1ccccc1Nc1ccc(C(=O)NC2CC2)cc1N. The van der Waals surface area contributed by atoms with Crippen molar-refractivity contribution in [1.29, 1.82) is 0 Å². The molecule has 0 aliphatic heterocycles. The van der Waals surface area contributed by atoms with Crippen LogP contribution in [-0.2, 0) is 0 Å². The highest BCUT2D eigenvalue weighted by molar-refractivity contribution is 5.96. The topological polar surface area (TPSA) is 76.4 Å². The lowest BCUT2D eigenvalue weighted by Crippen LogP contribution is -2.25. The minimum atomic E-state index is -0.0713. The van der Waals surface area contributed by atoms with Crippen LogP contribution in [0, 0.1) is 0 Å². The molecule has 0 bridgehead atoms. The number of ether oxygens (including phenoxy) is 1. The number of nitrogens with one attached hydrogen (secondary N) is 2. The molecule has 4 N–H and O–H groups in total. The van der Waals surface area contributed by atoms with E-state index in [-0.39, 0.29) is 5.91 Å². The standard InChI is InChI=1S/C17H19N3O2/c1-22-16-5-3-2-4-15(16)20-14-9-6-11(10-13(14)18)17(21)19-12-7-8-12/h2-6,9-10,12,20H,7-8,18H2,1H3,(H,19,21). The fourth-order valence-corrected chi connectivity index (χ4v) is 2.21. The van der Waals surface area contributed by atoms with E-state index in [2.05, 4.69) is 10.6 Å². The number of benzene rings is 2. The summed E-state index contributed by atoms with van der Waals surface area (Å²) in [5.74, 6) is 0.662. The number of nitrogen functional groups attached to an aromatic ring is 1. The van der Waals surface area contributed by atoms with Gasteiger partial charge >= 0.3 is 0 Å². The summed E-state index contributed by atoms with van der Waals surface area (Å²) in [6.07, 6.45) is 2.13. The lowest BCUT2D eigenvalue weighted by atomic mass is 10.1. The maximum absolute atomic E-state index is 12.0. The fraction of sp³-hybridized carbons (Fsp3) is 0.235. The first kappa shape index (κ1) is 14.3. The molecule has 0 atom stereocenters. The van der Waals surface area contributed by atoms with E-state index in [0.29, 0.717) is 17.3 Å². The van der Waals surface area contributed by atoms with Gasteiger partial charge in [0.2, 0.25) is 0 Å². The van der Waals surface area contributed by atoms with Crippen molar-refractivity contribution in [3.63, 3.8) is 0 Å². The molecule has 3 rings (SSSR count). The number of nitrogens with two attached hydrogens (primary N) is 1. The van der Waals surface area contributed by atoms with Crippen LogP contribution in [-0.4, -0.2) is 19.1 Å². The summed E-state index contributed by atoms with van der Waals surface area (Å²) in [6, 6.07) is 13.2. The fourth-order valence-electron chi connectivity index (χ4n) is 2.21. The molecule has 1 saturated carbocycles. The van der Waals surface area contributed by atoms with Crippen molar-refractivity contribution in [2.24, 2.45) is 0 Å². The molecule has 0 saturated heterocycles. The van der Waals surface area contributed by atoms with Crippen molar-refractivity contribution in [1.82, 2.24) is 5.32 Å². The minimum absolute atomic E-state index is 0.0713. The van der Waals surface area contributed by atoms with E-state index in [1.54, 1.807) is 19.2 Å². The van der Waals surface area contributed by atoms with Gasteiger partial charge < -0.3 is 21.1 Å². The molecule has 0 aromatic heterocycles. The quantitative estimate of drug-likeness (QED) is 0.742. The van der Waals surface area contributed by atoms with E-state index >= 15 is 0 Å². The Bertz CT molecular complexity index is 696. The molecule has 1 aliphatic carbocycles. The van der Waals surface area contributed by atoms with Gasteiger partial charge in [-0.25, -0.2) is 0 Å². The van der Waals surface area contributed by atoms with E-state index in [9.17, 15) is 4.79 Å². The van der Waals surface area contributed by atoms with Gasteiger partial charge in [0.15, 0.2) is 0 Å². The van der Waals surface area contributed by atoms with E-state index < -0.39 is 0 Å². The molecule has 5 heteroatoms. The predicted octanol–water partition coefficient (Wildman–Crippen LogP) is 2.91. The zero-order valence-electron chi connectivity index (χ0n) is 12.4. The molecule has 1 aliphatic rings. The molecule has 5 nitrogen and oxygen atoms in total. The van der Waals surface area contributed by atoms with Gasteiger partial charge in [-0.3, -0.25) is 4.79 Å². The van der Waals surface area contributed by atoms with E-state index in [1.165, 1.54) is 0 Å². The molecule has 0 heterocycles. The number of amides is 1. The smallest absolute Gasteiger partial charge is 0.251 e. The molecular weight excluding hydrogens is 278 g/mol. The first-order chi connectivity index (χ1) is 10.7. The zero-order chi connectivity index (χ0) is 15.5. The lowest BCUT2D eigenvalue weighted by Gasteiger charge is -2.13. The summed E-state index contributed by atoms with van der Waals surface area (Å²) in [7, 11) is 1.62. The van der Waals surface area contributed by atoms with Crippen LogP contribution in [0.5, 0.6) is 5.75 Å². The van der Waals surface area contributed by atoms with E-state index in [0.717, 1.165) is 30.0 Å². The molecule has 1 amide bonds. The van der Waals surface area contributed by atoms with E-state index in [4.69, 9.17) is 10.5 Å². The first-order valence-electron chi connectivity index (χ1n) is 7.28. The second-order valence-corrected chi connectivity index (χ2v) is 5.38. The Morgan fingerprint density at radius 2 is 1.95 bits per heavy atom. The average molecular weight is 297 g/mol. The number of methoxy groups -OCH3 is 1. The molecule has 2 aromatic rings. The first-order valence-corrected chi connectivity index (χ1v) is 7.28. The van der Waals surface area contributed by atoms with Gasteiger partial charge in [0.25, 0.3) is 5.91 Å². The van der Waals surface area contributed by atoms with Crippen molar-refractivity contribution in [3.05, 3.63) is 48.0 Å². The van der Waals surface area contributed by atoms with Gasteiger partial charge in [0.05, 0.1) is 24.2 Å². The number of rotatable bonds is 5. The minimum Gasteiger partial charge on any atom is -0.495 e. The number of para-hydroxylation sites is 2. The maximum Gasteiger partial charge on any atom is 0.251 e. The van der Waals surface area contributed by atoms with Crippen LogP contribution in [0.25, 0.3) is 0 Å². The summed E-state index contributed by atoms with van der Waals surface area (Å²) >= 11 is 0. The number of carbonyl (C=O) groups is 1. The Labute approximate surface area is 129 Å². The summed E-state index contributed by atoms with van der Waals surface area (Å²) < 4.78 is 5.30. The Morgan fingerprint density at radius 1 is 1.18 bits per heavy atom. The lowest BCUT2D eigenvalue weighted by molar-refractivity contribution is 0.0951. The molecule has 22 heavy (non-hydrogen) atoms. The Hall–Kier alpha value is -2.69. The third-order valence-corrected chi connectivity index (χ3v) is 3.60. The van der Waals surface area contributed by atoms with Gasteiger partial charge in [-0.1, -0.05) is 12.1 Å². The van der Waals surface area contributed by atoms with E-state index in [1.807, 2.05) is 30.3 Å². The predicted molar refractivity (Wildman–Crippen MR) is 87.6 cm³/mol. The average Bonchev–Trinajstić information content (AvgIpc) is 3.33. The molecule has 1 fully saturated rings. The van der Waals surface area contributed by atoms with Crippen LogP contribution >= 0.6 is 0 Å². The third-order valence-electron chi connectivity index (χ3n) is 3.60. The summed E-state index contributed by atoms with van der Waals surface area (Å²) in [4.78, 5) is 12.0. The molecule has 0 unspecified atom stereocenters. The third kappa shape index (κ3) is 3.14. The maximum atomic E-state index is 12.0. The molecular formula is C17H19N3O2. The number of hydrogen-bond acceptors (Lipinski definition) is 4. The highest BCUT2D eigenvalue weighted by Crippen LogP contribution is 2.30. The van der Waals surface area contributed by atoms with Crippen molar-refractivity contribution >= 4 is 23.0 Å². The van der Waals surface area contributed by atoms with Crippen LogP contribution < -0.4 is 21.1 Å². The van der Waals surface area contributed by atoms with Crippen molar-refractivity contribution in [3.8, 4) is 5.75 Å². The highest BCUT2D eigenvalue weighted by Gasteiger charge is 2.23. The Morgan fingerprint density at radius 3 is 2.64 bits per heavy atom. The van der Waals surface area contributed by atoms with Gasteiger partial charge in [-0.15, -0.1) is 0 Å². The van der Waals surface area contributed by atoms with Gasteiger partial charge in [0, 0.05) is 11.6 Å². The molecule has 2 aromatic carbocycles. The van der Waals surface area contributed by atoms with Gasteiger partial charge in [-0.05, 0) is 43.2 Å². The molecule has 0 radical (unpaired) electrons. The summed E-state index contributed by atoms with van der Waals surface area (Å²) in [5.41, 5.74) is 8.73. The van der Waals surface area contributed by atoms with Crippen molar-refractivity contribution in [2.75, 3.05) is 18.2 Å². The monoisotopic (exact) mass is 297 g/mol. The Kier molecular flexibility index (Phi) is 3.87. The Balaban J connectivity index is 1.78. The van der Waals surface area contributed by atoms with Crippen LogP contribution in [0.4, 0.5) is 17.1 Å².